The van der Waals surface area contributed by atoms with E-state index in [0.29, 0.717) is 5.57 Å². The number of aliphatic hydroxyl groups is 1. The zero-order valence-corrected chi connectivity index (χ0v) is 23.0. The van der Waals surface area contributed by atoms with E-state index in [2.05, 4.69) is 20.5 Å². The molecule has 2 aromatic rings. The number of rotatable bonds is 11. The first kappa shape index (κ1) is 29.5. The van der Waals surface area contributed by atoms with E-state index >= 15 is 0 Å². The lowest BCUT2D eigenvalue weighted by Gasteiger charge is -2.43. The molecule has 5 N–H and O–H groups in total. The number of hydrogen-bond acceptors (Lipinski definition) is 14. The van der Waals surface area contributed by atoms with Crippen molar-refractivity contribution in [3.63, 3.8) is 0 Å². The van der Waals surface area contributed by atoms with Crippen LogP contribution in [0.15, 0.2) is 34.6 Å². The van der Waals surface area contributed by atoms with Crippen LogP contribution in [0.3, 0.4) is 0 Å². The number of oxime groups is 1. The molecule has 2 atom stereocenters. The van der Waals surface area contributed by atoms with Gasteiger partial charge in [-0.1, -0.05) is 10.4 Å². The normalized spacial score (nSPS) is 19.9. The van der Waals surface area contributed by atoms with Crippen molar-refractivity contribution in [2.75, 3.05) is 5.73 Å². The molecule has 0 saturated carbocycles. The highest BCUT2D eigenvalue weighted by Gasteiger charge is 2.54. The first-order chi connectivity index (χ1) is 19.1. The first-order valence-corrected chi connectivity index (χ1v) is 14.0. The largest absolute Gasteiger partial charge is 0.504 e. The van der Waals surface area contributed by atoms with Gasteiger partial charge >= 0.3 is 16.3 Å². The number of allylic oxidation sites excluding steroid dienone is 3. The number of aromatic nitrogens is 4. The van der Waals surface area contributed by atoms with E-state index in [9.17, 15) is 42.4 Å². The summed E-state index contributed by atoms with van der Waals surface area (Å²) in [7, 11) is -5.02. The van der Waals surface area contributed by atoms with Crippen LogP contribution in [0.25, 0.3) is 5.57 Å². The Morgan fingerprint density at radius 1 is 1.32 bits per heavy atom. The third kappa shape index (κ3) is 6.15. The van der Waals surface area contributed by atoms with Crippen LogP contribution in [0.2, 0.25) is 0 Å². The number of carboxylic acids is 1. The molecule has 1 fully saturated rings. The van der Waals surface area contributed by atoms with Crippen LogP contribution >= 0.6 is 11.3 Å². The Bertz CT molecular complexity index is 1640. The number of ketones is 2. The predicted octanol–water partition coefficient (Wildman–Crippen LogP) is -0.0120. The molecule has 0 bridgehead atoms. The molecule has 2 aliphatic rings. The van der Waals surface area contributed by atoms with Crippen molar-refractivity contribution >= 4 is 61.5 Å². The predicted molar refractivity (Wildman–Crippen MR) is 139 cm³/mol. The number of nitrogens with two attached hydrogens (primary N) is 1. The molecular formula is C22H23N7O10S2. The summed E-state index contributed by atoms with van der Waals surface area (Å²) in [6.45, 7) is 2.06. The van der Waals surface area contributed by atoms with E-state index < -0.39 is 69.2 Å². The van der Waals surface area contributed by atoms with E-state index in [1.165, 1.54) is 42.3 Å². The van der Waals surface area contributed by atoms with Gasteiger partial charge in [0, 0.05) is 11.8 Å². The highest BCUT2D eigenvalue weighted by molar-refractivity contribution is 7.84. The number of carbonyl (C=O) groups excluding carboxylic acids is 3. The van der Waals surface area contributed by atoms with Gasteiger partial charge in [0.05, 0.1) is 24.7 Å². The van der Waals surface area contributed by atoms with Crippen LogP contribution in [0.5, 0.6) is 0 Å². The Morgan fingerprint density at radius 3 is 2.61 bits per heavy atom. The van der Waals surface area contributed by atoms with Gasteiger partial charge in [0.2, 0.25) is 17.3 Å². The number of nitrogen functional groups attached to an aromatic ring is 1. The number of anilines is 1. The molecule has 41 heavy (non-hydrogen) atoms. The summed E-state index contributed by atoms with van der Waals surface area (Å²) in [5.74, 6) is -5.61. The minimum absolute atomic E-state index is 0.0510. The summed E-state index contributed by atoms with van der Waals surface area (Å²) in [6.07, 6.45) is 3.39. The zero-order chi connectivity index (χ0) is 30.3. The number of carboxylic acid groups (broad SMARTS) is 1. The van der Waals surface area contributed by atoms with Gasteiger partial charge in [-0.15, -0.1) is 16.4 Å². The lowest BCUT2D eigenvalue weighted by Crippen LogP contribution is -2.64. The monoisotopic (exact) mass is 609 g/mol. The number of amides is 1. The SMILES string of the molecule is CC(C)(O/N=C(\C(=O)C[C@@H]1C(=O)N(S(=O)(=O)O)[C@@H]1Cn1cc(C2=CC(=O)C(O)=CC2)nn1)c1csc(N)n1)C(=O)O. The van der Waals surface area contributed by atoms with Gasteiger partial charge in [0.1, 0.15) is 11.4 Å². The van der Waals surface area contributed by atoms with Crippen LogP contribution in [0.1, 0.15) is 38.1 Å². The maximum absolute atomic E-state index is 13.3. The molecule has 0 radical (unpaired) electrons. The fourth-order valence-corrected chi connectivity index (χ4v) is 5.38. The topological polar surface area (TPSA) is 258 Å². The van der Waals surface area contributed by atoms with Gasteiger partial charge in [0.25, 0.3) is 0 Å². The van der Waals surface area contributed by atoms with Crippen molar-refractivity contribution in [2.24, 2.45) is 11.1 Å². The minimum Gasteiger partial charge on any atom is -0.504 e. The molecule has 0 unspecified atom stereocenters. The molecule has 1 amide bonds. The smallest absolute Gasteiger partial charge is 0.362 e. The van der Waals surface area contributed by atoms with Crippen LogP contribution < -0.4 is 5.73 Å². The Hall–Kier alpha value is -4.49. The lowest BCUT2D eigenvalue weighted by atomic mass is 9.84. The standard InChI is InChI=1S/C22H23N7O10S2/c1-22(2,20(34)35)39-26-18(13-9-40-21(23)24-13)17(32)6-11-14(29(19(11)33)41(36,37)38)8-28-7-12(25-27-28)10-3-4-15(30)16(31)5-10/h4-5,7,9,11,14,30H,3,6,8H2,1-2H3,(H2,23,24)(H,34,35)(H,36,37,38)/b26-18-/t11-,14+/m0/s1. The molecule has 1 aliphatic heterocycles. The van der Waals surface area contributed by atoms with Gasteiger partial charge in [-0.2, -0.15) is 8.42 Å². The summed E-state index contributed by atoms with van der Waals surface area (Å²) >= 11 is 0.962. The van der Waals surface area contributed by atoms with Crippen molar-refractivity contribution in [1.82, 2.24) is 24.3 Å². The Balaban J connectivity index is 1.58. The molecule has 0 spiro atoms. The van der Waals surface area contributed by atoms with Crippen molar-refractivity contribution in [3.05, 3.63) is 40.9 Å². The fraction of sp³-hybridized carbons (Fsp3) is 0.364. The second-order valence-electron chi connectivity index (χ2n) is 9.48. The van der Waals surface area contributed by atoms with Gasteiger partial charge in [0.15, 0.2) is 22.4 Å². The van der Waals surface area contributed by atoms with E-state index in [1.54, 1.807) is 0 Å². The summed E-state index contributed by atoms with van der Waals surface area (Å²) in [6, 6.07) is -1.28. The van der Waals surface area contributed by atoms with Gasteiger partial charge in [-0.25, -0.2) is 18.8 Å². The van der Waals surface area contributed by atoms with Gasteiger partial charge < -0.3 is 20.8 Å². The highest BCUT2D eigenvalue weighted by atomic mass is 32.2. The molecule has 17 nitrogen and oxygen atoms in total. The van der Waals surface area contributed by atoms with Gasteiger partial charge in [-0.3, -0.25) is 18.9 Å². The van der Waals surface area contributed by atoms with Crippen molar-refractivity contribution in [2.45, 2.75) is 44.9 Å². The average molecular weight is 610 g/mol. The molecule has 0 aromatic carbocycles. The van der Waals surface area contributed by atoms with Crippen LogP contribution in [-0.4, -0.2) is 88.3 Å². The highest BCUT2D eigenvalue weighted by Crippen LogP contribution is 2.34. The lowest BCUT2D eigenvalue weighted by molar-refractivity contribution is -0.161. The Labute approximate surface area is 235 Å². The quantitative estimate of drug-likeness (QED) is 0.113. The molecule has 218 valence electrons. The fourth-order valence-electron chi connectivity index (χ4n) is 3.92. The molecule has 2 aromatic heterocycles. The van der Waals surface area contributed by atoms with Crippen LogP contribution in [0, 0.1) is 5.92 Å². The molecule has 1 aliphatic carbocycles. The number of thiazole rings is 1. The average Bonchev–Trinajstić information content (AvgIpc) is 3.52. The number of aliphatic hydroxyl groups excluding tert-OH is 1. The Kier molecular flexibility index (Phi) is 7.78. The molecule has 3 heterocycles. The zero-order valence-electron chi connectivity index (χ0n) is 21.4. The number of nitrogens with zero attached hydrogens (tertiary/aromatic N) is 6. The van der Waals surface area contributed by atoms with E-state index in [1.807, 2.05) is 0 Å². The first-order valence-electron chi connectivity index (χ1n) is 11.7. The second kappa shape index (κ2) is 10.8. The number of carbonyl (C=O) groups is 4. The van der Waals surface area contributed by atoms with Crippen LogP contribution in [0.4, 0.5) is 5.13 Å². The summed E-state index contributed by atoms with van der Waals surface area (Å²) in [4.78, 5) is 58.3. The number of aliphatic carboxylic acids is 1. The molecule has 19 heteroatoms. The summed E-state index contributed by atoms with van der Waals surface area (Å²) in [5.41, 5.74) is 3.99. The third-order valence-corrected chi connectivity index (χ3v) is 7.80. The molecule has 1 saturated heterocycles. The summed E-state index contributed by atoms with van der Waals surface area (Å²) < 4.78 is 34.9. The van der Waals surface area contributed by atoms with Crippen LogP contribution in [-0.2, 0) is 40.9 Å². The van der Waals surface area contributed by atoms with E-state index in [0.717, 1.165) is 11.3 Å². The third-order valence-electron chi connectivity index (χ3n) is 6.18. The van der Waals surface area contributed by atoms with E-state index in [4.69, 9.17) is 10.6 Å². The Morgan fingerprint density at radius 2 is 2.02 bits per heavy atom. The molecule has 4 rings (SSSR count). The maximum Gasteiger partial charge on any atom is 0.362 e. The molecular weight excluding hydrogens is 586 g/mol. The maximum atomic E-state index is 13.3. The van der Waals surface area contributed by atoms with Gasteiger partial charge in [-0.05, 0) is 38.0 Å². The summed E-state index contributed by atoms with van der Waals surface area (Å²) in [5, 5.41) is 31.7. The number of Topliss-reactive ketones (excluding diaryl/α,β-unsaturated/α-hetero) is 1. The van der Waals surface area contributed by atoms with Crippen molar-refractivity contribution in [3.8, 4) is 0 Å². The second-order valence-corrected chi connectivity index (χ2v) is 11.7. The minimum atomic E-state index is -5.02. The number of β-lactam (4-membered cyclic amide) rings is 1. The van der Waals surface area contributed by atoms with E-state index in [-0.39, 0.29) is 33.8 Å². The van der Waals surface area contributed by atoms with Crippen molar-refractivity contribution in [1.29, 1.82) is 0 Å². The number of hydrogen-bond donors (Lipinski definition) is 4. The van der Waals surface area contributed by atoms with Crippen molar-refractivity contribution < 1.29 is 47.2 Å².